The first-order chi connectivity index (χ1) is 10.9. The minimum Gasteiger partial charge on any atom is -0.248 e. The molecule has 0 atom stereocenters. The second-order valence-corrected chi connectivity index (χ2v) is 5.57. The molecule has 1 heterocycles. The standard InChI is InChI=1S/C21H17N/c1-2-15-11-13-16(14-12-15)21-17-7-3-5-9-19(17)22-20-10-6-4-8-18(20)21/h3-14H,2H2,1H3. The minimum atomic E-state index is 1.05. The Morgan fingerprint density at radius 2 is 1.23 bits per heavy atom. The summed E-state index contributed by atoms with van der Waals surface area (Å²) in [5.74, 6) is 0. The quantitative estimate of drug-likeness (QED) is 0.435. The second kappa shape index (κ2) is 5.27. The van der Waals surface area contributed by atoms with Crippen LogP contribution in [-0.4, -0.2) is 4.98 Å². The van der Waals surface area contributed by atoms with Gasteiger partial charge >= 0.3 is 0 Å². The van der Waals surface area contributed by atoms with Crippen molar-refractivity contribution in [2.75, 3.05) is 0 Å². The Bertz CT molecular complexity index is 898. The van der Waals surface area contributed by atoms with Crippen LogP contribution in [0.3, 0.4) is 0 Å². The van der Waals surface area contributed by atoms with Crippen LogP contribution in [0.2, 0.25) is 0 Å². The number of rotatable bonds is 2. The van der Waals surface area contributed by atoms with Gasteiger partial charge in [0.15, 0.2) is 0 Å². The van der Waals surface area contributed by atoms with Gasteiger partial charge in [0.1, 0.15) is 0 Å². The van der Waals surface area contributed by atoms with Crippen molar-refractivity contribution in [1.82, 2.24) is 4.98 Å². The summed E-state index contributed by atoms with van der Waals surface area (Å²) >= 11 is 0. The van der Waals surface area contributed by atoms with Gasteiger partial charge < -0.3 is 0 Å². The maximum atomic E-state index is 4.80. The van der Waals surface area contributed by atoms with Crippen molar-refractivity contribution in [3.8, 4) is 11.1 Å². The van der Waals surface area contributed by atoms with Crippen molar-refractivity contribution in [1.29, 1.82) is 0 Å². The summed E-state index contributed by atoms with van der Waals surface area (Å²) in [5, 5.41) is 2.43. The zero-order chi connectivity index (χ0) is 14.9. The number of para-hydroxylation sites is 2. The highest BCUT2D eigenvalue weighted by Crippen LogP contribution is 2.34. The van der Waals surface area contributed by atoms with Crippen LogP contribution >= 0.6 is 0 Å². The molecule has 4 rings (SSSR count). The van der Waals surface area contributed by atoms with Crippen LogP contribution in [0.1, 0.15) is 12.5 Å². The minimum absolute atomic E-state index is 1.05. The Morgan fingerprint density at radius 3 is 1.77 bits per heavy atom. The molecule has 1 heteroatoms. The molecule has 0 amide bonds. The fraction of sp³-hybridized carbons (Fsp3) is 0.0952. The third kappa shape index (κ3) is 2.06. The highest BCUT2D eigenvalue weighted by molar-refractivity contribution is 6.09. The number of pyridine rings is 1. The van der Waals surface area contributed by atoms with Gasteiger partial charge in [0, 0.05) is 16.3 Å². The summed E-state index contributed by atoms with van der Waals surface area (Å²) in [6.45, 7) is 2.19. The van der Waals surface area contributed by atoms with Crippen molar-refractivity contribution in [3.05, 3.63) is 78.4 Å². The lowest BCUT2D eigenvalue weighted by Gasteiger charge is -2.11. The van der Waals surface area contributed by atoms with E-state index >= 15 is 0 Å². The van der Waals surface area contributed by atoms with Gasteiger partial charge in [0.05, 0.1) is 11.0 Å². The van der Waals surface area contributed by atoms with Crippen LogP contribution in [0.4, 0.5) is 0 Å². The molecule has 0 bridgehead atoms. The van der Waals surface area contributed by atoms with Crippen LogP contribution in [0.5, 0.6) is 0 Å². The highest BCUT2D eigenvalue weighted by atomic mass is 14.7. The first-order valence-electron chi connectivity index (χ1n) is 7.73. The van der Waals surface area contributed by atoms with Gasteiger partial charge in [-0.3, -0.25) is 0 Å². The van der Waals surface area contributed by atoms with Crippen molar-refractivity contribution in [2.24, 2.45) is 0 Å². The molecule has 0 unspecified atom stereocenters. The van der Waals surface area contributed by atoms with E-state index in [9.17, 15) is 0 Å². The molecule has 22 heavy (non-hydrogen) atoms. The zero-order valence-electron chi connectivity index (χ0n) is 12.6. The maximum absolute atomic E-state index is 4.80. The van der Waals surface area contributed by atoms with Gasteiger partial charge in [-0.15, -0.1) is 0 Å². The number of hydrogen-bond acceptors (Lipinski definition) is 1. The Kier molecular flexibility index (Phi) is 3.12. The van der Waals surface area contributed by atoms with E-state index in [-0.39, 0.29) is 0 Å². The van der Waals surface area contributed by atoms with E-state index in [1.54, 1.807) is 0 Å². The molecule has 1 nitrogen and oxygen atoms in total. The number of hydrogen-bond donors (Lipinski definition) is 0. The first-order valence-corrected chi connectivity index (χ1v) is 7.73. The summed E-state index contributed by atoms with van der Waals surface area (Å²) in [6.07, 6.45) is 1.07. The average molecular weight is 283 g/mol. The molecular weight excluding hydrogens is 266 g/mol. The van der Waals surface area contributed by atoms with Crippen molar-refractivity contribution < 1.29 is 0 Å². The maximum Gasteiger partial charge on any atom is 0.0715 e. The van der Waals surface area contributed by atoms with E-state index in [1.807, 2.05) is 12.1 Å². The van der Waals surface area contributed by atoms with E-state index in [0.717, 1.165) is 17.5 Å². The fourth-order valence-corrected chi connectivity index (χ4v) is 3.06. The van der Waals surface area contributed by atoms with E-state index in [1.165, 1.54) is 27.5 Å². The summed E-state index contributed by atoms with van der Waals surface area (Å²) < 4.78 is 0. The molecule has 0 N–H and O–H groups in total. The number of benzene rings is 3. The number of aryl methyl sites for hydroxylation is 1. The fourth-order valence-electron chi connectivity index (χ4n) is 3.06. The molecule has 0 saturated heterocycles. The number of nitrogens with zero attached hydrogens (tertiary/aromatic N) is 1. The Labute approximate surface area is 130 Å². The molecular formula is C21H17N. The Hall–Kier alpha value is -2.67. The summed E-state index contributed by atoms with van der Waals surface area (Å²) in [5.41, 5.74) is 6.01. The normalized spacial score (nSPS) is 11.1. The monoisotopic (exact) mass is 283 g/mol. The van der Waals surface area contributed by atoms with Crippen LogP contribution in [0, 0.1) is 0 Å². The molecule has 4 aromatic rings. The van der Waals surface area contributed by atoms with Gasteiger partial charge in [-0.2, -0.15) is 0 Å². The van der Waals surface area contributed by atoms with E-state index < -0.39 is 0 Å². The van der Waals surface area contributed by atoms with Crippen molar-refractivity contribution >= 4 is 21.8 Å². The topological polar surface area (TPSA) is 12.9 Å². The molecule has 106 valence electrons. The molecule has 1 aromatic heterocycles. The van der Waals surface area contributed by atoms with Gasteiger partial charge in [-0.1, -0.05) is 67.6 Å². The molecule has 3 aromatic carbocycles. The van der Waals surface area contributed by atoms with Crippen LogP contribution in [0.15, 0.2) is 72.8 Å². The first kappa shape index (κ1) is 13.0. The highest BCUT2D eigenvalue weighted by Gasteiger charge is 2.10. The lowest BCUT2D eigenvalue weighted by Crippen LogP contribution is -1.89. The van der Waals surface area contributed by atoms with E-state index in [4.69, 9.17) is 4.98 Å². The molecule has 0 radical (unpaired) electrons. The third-order valence-electron chi connectivity index (χ3n) is 4.24. The average Bonchev–Trinajstić information content (AvgIpc) is 2.60. The Morgan fingerprint density at radius 1 is 0.682 bits per heavy atom. The molecule has 0 aliphatic carbocycles. The van der Waals surface area contributed by atoms with E-state index in [0.29, 0.717) is 0 Å². The van der Waals surface area contributed by atoms with Crippen LogP contribution < -0.4 is 0 Å². The van der Waals surface area contributed by atoms with Gasteiger partial charge in [-0.05, 0) is 29.7 Å². The van der Waals surface area contributed by atoms with Gasteiger partial charge in [0.2, 0.25) is 0 Å². The molecule has 0 saturated carbocycles. The van der Waals surface area contributed by atoms with Crippen LogP contribution in [0.25, 0.3) is 32.9 Å². The number of fused-ring (bicyclic) bond motifs is 2. The molecule has 0 aliphatic heterocycles. The summed E-state index contributed by atoms with van der Waals surface area (Å²) in [6, 6.07) is 25.7. The predicted molar refractivity (Wildman–Crippen MR) is 94.1 cm³/mol. The van der Waals surface area contributed by atoms with Crippen molar-refractivity contribution in [2.45, 2.75) is 13.3 Å². The molecule has 0 fully saturated rings. The second-order valence-electron chi connectivity index (χ2n) is 5.57. The lowest BCUT2D eigenvalue weighted by atomic mass is 9.95. The predicted octanol–water partition coefficient (Wildman–Crippen LogP) is 5.62. The zero-order valence-corrected chi connectivity index (χ0v) is 12.6. The largest absolute Gasteiger partial charge is 0.248 e. The van der Waals surface area contributed by atoms with Gasteiger partial charge in [0.25, 0.3) is 0 Å². The SMILES string of the molecule is CCc1ccc(-c2c3ccccc3nc3ccccc23)cc1. The smallest absolute Gasteiger partial charge is 0.0715 e. The van der Waals surface area contributed by atoms with Gasteiger partial charge in [-0.25, -0.2) is 4.98 Å². The lowest BCUT2D eigenvalue weighted by molar-refractivity contribution is 1.14. The third-order valence-corrected chi connectivity index (χ3v) is 4.24. The van der Waals surface area contributed by atoms with Crippen LogP contribution in [-0.2, 0) is 6.42 Å². The Balaban J connectivity index is 2.11. The summed E-state index contributed by atoms with van der Waals surface area (Å²) in [7, 11) is 0. The van der Waals surface area contributed by atoms with Crippen molar-refractivity contribution in [3.63, 3.8) is 0 Å². The van der Waals surface area contributed by atoms with E-state index in [2.05, 4.69) is 67.6 Å². The molecule has 0 spiro atoms. The molecule has 0 aliphatic rings. The number of aromatic nitrogens is 1. The summed E-state index contributed by atoms with van der Waals surface area (Å²) in [4.78, 5) is 4.80.